The number of Topliss-reactive ketones (excluding diaryl/α,β-unsaturated/α-hetero) is 1. The van der Waals surface area contributed by atoms with Gasteiger partial charge < -0.3 is 29.0 Å². The van der Waals surface area contributed by atoms with Crippen molar-refractivity contribution >= 4 is 23.1 Å². The summed E-state index contributed by atoms with van der Waals surface area (Å²) in [4.78, 5) is 28.6. The van der Waals surface area contributed by atoms with Gasteiger partial charge in [0.15, 0.2) is 17.3 Å². The quantitative estimate of drug-likeness (QED) is 0.476. The smallest absolute Gasteiger partial charge is 0.336 e. The molecule has 5 rings (SSSR count). The zero-order valence-electron chi connectivity index (χ0n) is 22.1. The number of esters is 1. The number of benzene rings is 1. The minimum Gasteiger partial charge on any atom is -0.493 e. The van der Waals surface area contributed by atoms with E-state index in [1.807, 2.05) is 18.4 Å². The number of carbonyl (C=O) groups excluding carboxylic acids is 2. The van der Waals surface area contributed by atoms with Gasteiger partial charge in [-0.15, -0.1) is 11.3 Å². The van der Waals surface area contributed by atoms with Crippen molar-refractivity contribution in [1.29, 1.82) is 0 Å². The molecule has 3 atom stereocenters. The third-order valence-corrected chi connectivity index (χ3v) is 8.47. The lowest BCUT2D eigenvalue weighted by Crippen LogP contribution is -2.36. The van der Waals surface area contributed by atoms with Crippen LogP contribution in [0.5, 0.6) is 17.2 Å². The Labute approximate surface area is 226 Å². The van der Waals surface area contributed by atoms with Gasteiger partial charge in [-0.25, -0.2) is 4.79 Å². The number of hydrogen-bond acceptors (Lipinski definition) is 9. The van der Waals surface area contributed by atoms with Crippen LogP contribution >= 0.6 is 11.3 Å². The highest BCUT2D eigenvalue weighted by Gasteiger charge is 2.42. The number of rotatable bonds is 8. The number of thiophene rings is 1. The summed E-state index contributed by atoms with van der Waals surface area (Å²) < 4.78 is 28.1. The maximum atomic E-state index is 13.8. The Bertz CT molecular complexity index is 1250. The van der Waals surface area contributed by atoms with E-state index < -0.39 is 11.9 Å². The fourth-order valence-electron chi connectivity index (χ4n) is 5.66. The van der Waals surface area contributed by atoms with Crippen LogP contribution in [-0.4, -0.2) is 52.4 Å². The van der Waals surface area contributed by atoms with Gasteiger partial charge >= 0.3 is 5.97 Å². The van der Waals surface area contributed by atoms with Crippen LogP contribution < -0.4 is 19.5 Å². The lowest BCUT2D eigenvalue weighted by molar-refractivity contribution is -0.142. The summed E-state index contributed by atoms with van der Waals surface area (Å²) in [5, 5.41) is 5.43. The summed E-state index contributed by atoms with van der Waals surface area (Å²) in [6.07, 6.45) is 2.76. The van der Waals surface area contributed by atoms with Crippen molar-refractivity contribution < 1.29 is 33.3 Å². The SMILES string of the molecule is COc1cc([C@@H]2C(C(=O)OC[C@H]3CCCO3)=C(C)NC3=C2C(=O)C[C@H](c2cccs2)C3)cc(OC)c1OC. The van der Waals surface area contributed by atoms with Crippen LogP contribution in [0.4, 0.5) is 0 Å². The summed E-state index contributed by atoms with van der Waals surface area (Å²) in [5.41, 5.74) is 3.19. The predicted molar refractivity (Wildman–Crippen MR) is 143 cm³/mol. The first kappa shape index (κ1) is 26.3. The molecule has 1 aromatic carbocycles. The molecule has 8 nitrogen and oxygen atoms in total. The van der Waals surface area contributed by atoms with E-state index in [1.165, 1.54) is 4.88 Å². The zero-order chi connectivity index (χ0) is 26.8. The van der Waals surface area contributed by atoms with E-state index in [4.69, 9.17) is 23.7 Å². The number of hydrogen-bond donors (Lipinski definition) is 1. The Balaban J connectivity index is 1.58. The Morgan fingerprint density at radius 1 is 1.13 bits per heavy atom. The van der Waals surface area contributed by atoms with Crippen molar-refractivity contribution in [2.24, 2.45) is 0 Å². The first-order valence-corrected chi connectivity index (χ1v) is 13.7. The average Bonchev–Trinajstić information content (AvgIpc) is 3.65. The van der Waals surface area contributed by atoms with E-state index in [2.05, 4.69) is 11.4 Å². The maximum Gasteiger partial charge on any atom is 0.336 e. The van der Waals surface area contributed by atoms with E-state index in [1.54, 1.807) is 44.8 Å². The van der Waals surface area contributed by atoms with Gasteiger partial charge in [-0.05, 0) is 55.3 Å². The first-order valence-electron chi connectivity index (χ1n) is 12.8. The molecule has 38 heavy (non-hydrogen) atoms. The summed E-state index contributed by atoms with van der Waals surface area (Å²) in [5.74, 6) is 0.331. The van der Waals surface area contributed by atoms with Crippen LogP contribution in [0.3, 0.4) is 0 Å². The number of methoxy groups -OCH3 is 3. The Morgan fingerprint density at radius 2 is 1.89 bits per heavy atom. The lowest BCUT2D eigenvalue weighted by Gasteiger charge is -2.36. The second kappa shape index (κ2) is 11.2. The largest absolute Gasteiger partial charge is 0.493 e. The fraction of sp³-hybridized carbons (Fsp3) is 0.448. The van der Waals surface area contributed by atoms with Crippen LogP contribution in [0.2, 0.25) is 0 Å². The van der Waals surface area contributed by atoms with Crippen LogP contribution in [0.25, 0.3) is 0 Å². The van der Waals surface area contributed by atoms with Crippen molar-refractivity contribution in [3.63, 3.8) is 0 Å². The van der Waals surface area contributed by atoms with Crippen molar-refractivity contribution in [3.8, 4) is 17.2 Å². The molecule has 1 fully saturated rings. The van der Waals surface area contributed by atoms with Crippen LogP contribution in [0.15, 0.2) is 52.2 Å². The standard InChI is InChI=1S/C29H33NO7S/c1-16-25(29(32)37-15-19-7-5-9-36-19)26(18-13-22(33-2)28(35-4)23(14-18)34-3)27-20(30-16)11-17(12-21(27)31)24-8-6-10-38-24/h6,8,10,13-14,17,19,26,30H,5,7,9,11-12,15H2,1-4H3/t17-,19-,26-/m1/s1. The number of allylic oxidation sites excluding steroid dienone is 3. The molecule has 1 N–H and O–H groups in total. The molecule has 0 spiro atoms. The van der Waals surface area contributed by atoms with Crippen molar-refractivity contribution in [3.05, 3.63) is 62.6 Å². The van der Waals surface area contributed by atoms with Crippen molar-refractivity contribution in [2.45, 2.75) is 50.5 Å². The van der Waals surface area contributed by atoms with Gasteiger partial charge in [-0.1, -0.05) is 6.07 Å². The van der Waals surface area contributed by atoms with Gasteiger partial charge in [0.05, 0.1) is 33.0 Å². The Morgan fingerprint density at radius 3 is 2.50 bits per heavy atom. The third kappa shape index (κ3) is 4.92. The molecule has 2 aliphatic heterocycles. The highest BCUT2D eigenvalue weighted by molar-refractivity contribution is 7.10. The van der Waals surface area contributed by atoms with Crippen LogP contribution in [-0.2, 0) is 19.1 Å². The minimum atomic E-state index is -0.645. The normalized spacial score (nSPS) is 23.2. The summed E-state index contributed by atoms with van der Waals surface area (Å²) in [6, 6.07) is 7.70. The molecule has 0 unspecified atom stereocenters. The van der Waals surface area contributed by atoms with E-state index >= 15 is 0 Å². The molecule has 0 radical (unpaired) electrons. The maximum absolute atomic E-state index is 13.8. The second-order valence-electron chi connectivity index (χ2n) is 9.72. The van der Waals surface area contributed by atoms with Gasteiger partial charge in [0, 0.05) is 46.7 Å². The van der Waals surface area contributed by atoms with E-state index in [0.29, 0.717) is 59.1 Å². The molecule has 0 saturated carbocycles. The Hall–Kier alpha value is -3.30. The van der Waals surface area contributed by atoms with Crippen LogP contribution in [0.1, 0.15) is 54.9 Å². The van der Waals surface area contributed by atoms with E-state index in [-0.39, 0.29) is 24.4 Å². The number of nitrogens with one attached hydrogen (secondary N) is 1. The topological polar surface area (TPSA) is 92.3 Å². The van der Waals surface area contributed by atoms with E-state index in [9.17, 15) is 9.59 Å². The number of carbonyl (C=O) groups is 2. The molecule has 0 bridgehead atoms. The fourth-order valence-corrected chi connectivity index (χ4v) is 6.49. The first-order chi connectivity index (χ1) is 18.4. The molecule has 0 amide bonds. The second-order valence-corrected chi connectivity index (χ2v) is 10.7. The molecule has 1 aliphatic carbocycles. The molecule has 202 valence electrons. The molecule has 2 aromatic rings. The molecule has 1 aromatic heterocycles. The molecule has 1 saturated heterocycles. The molecule has 9 heteroatoms. The number of dihydropyridines is 1. The summed E-state index contributed by atoms with van der Waals surface area (Å²) in [7, 11) is 4.63. The van der Waals surface area contributed by atoms with Gasteiger partial charge in [0.1, 0.15) is 6.61 Å². The Kier molecular flexibility index (Phi) is 7.76. The van der Waals surface area contributed by atoms with Gasteiger partial charge in [-0.3, -0.25) is 4.79 Å². The molecular weight excluding hydrogens is 506 g/mol. The number of ether oxygens (including phenoxy) is 5. The third-order valence-electron chi connectivity index (χ3n) is 7.44. The highest BCUT2D eigenvalue weighted by Crippen LogP contribution is 2.49. The summed E-state index contributed by atoms with van der Waals surface area (Å²) >= 11 is 1.66. The van der Waals surface area contributed by atoms with Crippen molar-refractivity contribution in [1.82, 2.24) is 5.32 Å². The van der Waals surface area contributed by atoms with Crippen LogP contribution in [0, 0.1) is 0 Å². The van der Waals surface area contributed by atoms with E-state index in [0.717, 1.165) is 18.5 Å². The van der Waals surface area contributed by atoms with Gasteiger partial charge in [0.25, 0.3) is 0 Å². The summed E-state index contributed by atoms with van der Waals surface area (Å²) in [6.45, 7) is 2.71. The van der Waals surface area contributed by atoms with Gasteiger partial charge in [-0.2, -0.15) is 0 Å². The zero-order valence-corrected chi connectivity index (χ0v) is 22.9. The van der Waals surface area contributed by atoms with Gasteiger partial charge in [0.2, 0.25) is 5.75 Å². The molecule has 3 aliphatic rings. The molecule has 3 heterocycles. The minimum absolute atomic E-state index is 0.00725. The average molecular weight is 540 g/mol. The number of ketones is 1. The highest BCUT2D eigenvalue weighted by atomic mass is 32.1. The monoisotopic (exact) mass is 539 g/mol. The van der Waals surface area contributed by atoms with Crippen molar-refractivity contribution in [2.75, 3.05) is 34.5 Å². The predicted octanol–water partition coefficient (Wildman–Crippen LogP) is 4.86. The lowest BCUT2D eigenvalue weighted by atomic mass is 9.72. The molecular formula is C29H33NO7S.